The van der Waals surface area contributed by atoms with E-state index in [2.05, 4.69) is 43.0 Å². The molecule has 0 aromatic heterocycles. The summed E-state index contributed by atoms with van der Waals surface area (Å²) in [4.78, 5) is 2.55. The van der Waals surface area contributed by atoms with Crippen LogP contribution in [0.15, 0.2) is 30.3 Å². The van der Waals surface area contributed by atoms with Crippen LogP contribution in [0.25, 0.3) is 0 Å². The Balaban J connectivity index is 1.53. The van der Waals surface area contributed by atoms with Gasteiger partial charge in [0.15, 0.2) is 0 Å². The first-order chi connectivity index (χ1) is 10.5. The molecule has 3 nitrogen and oxygen atoms in total. The highest BCUT2D eigenvalue weighted by Gasteiger charge is 2.41. The van der Waals surface area contributed by atoms with Gasteiger partial charge in [0, 0.05) is 19.1 Å². The molecule has 2 fully saturated rings. The zero-order valence-electron chi connectivity index (χ0n) is 13.9. The van der Waals surface area contributed by atoms with Crippen LogP contribution >= 0.6 is 0 Å². The third-order valence-corrected chi connectivity index (χ3v) is 5.47. The summed E-state index contributed by atoms with van der Waals surface area (Å²) < 4.78 is 6.10. The summed E-state index contributed by atoms with van der Waals surface area (Å²) in [5.74, 6) is 0. The molecule has 0 amide bonds. The lowest BCUT2D eigenvalue weighted by Gasteiger charge is -2.45. The van der Waals surface area contributed by atoms with Gasteiger partial charge >= 0.3 is 0 Å². The van der Waals surface area contributed by atoms with Crippen LogP contribution in [0.4, 0.5) is 0 Å². The lowest BCUT2D eigenvalue weighted by atomic mass is 9.71. The van der Waals surface area contributed by atoms with E-state index in [9.17, 15) is 5.11 Å². The van der Waals surface area contributed by atoms with E-state index in [0.717, 1.165) is 38.8 Å². The van der Waals surface area contributed by atoms with Gasteiger partial charge in [0.1, 0.15) is 0 Å². The van der Waals surface area contributed by atoms with Crippen LogP contribution in [0.5, 0.6) is 0 Å². The molecule has 1 aromatic carbocycles. The van der Waals surface area contributed by atoms with Crippen molar-refractivity contribution in [2.24, 2.45) is 5.41 Å². The van der Waals surface area contributed by atoms with Gasteiger partial charge in [-0.3, -0.25) is 4.90 Å². The van der Waals surface area contributed by atoms with Crippen molar-refractivity contribution in [3.63, 3.8) is 0 Å². The molecule has 1 aliphatic heterocycles. The molecule has 1 saturated carbocycles. The molecule has 122 valence electrons. The van der Waals surface area contributed by atoms with Crippen molar-refractivity contribution in [3.05, 3.63) is 35.9 Å². The van der Waals surface area contributed by atoms with E-state index in [0.29, 0.717) is 24.2 Å². The quantitative estimate of drug-likeness (QED) is 0.927. The summed E-state index contributed by atoms with van der Waals surface area (Å²) in [6.07, 6.45) is 4.29. The standard InChI is InChI=1S/C19H29NO2/c1-19(2)10-8-16(21)12-18(19)20-11-9-17(13-20)22-14-15-6-4-3-5-7-15/h3-7,16-18,21H,8-14H2,1-2H3. The third-order valence-electron chi connectivity index (χ3n) is 5.47. The second-order valence-corrected chi connectivity index (χ2v) is 7.63. The zero-order valence-corrected chi connectivity index (χ0v) is 13.9. The molecule has 3 atom stereocenters. The van der Waals surface area contributed by atoms with E-state index in [-0.39, 0.29) is 6.10 Å². The van der Waals surface area contributed by atoms with E-state index < -0.39 is 0 Å². The van der Waals surface area contributed by atoms with E-state index in [1.165, 1.54) is 5.56 Å². The number of hydrogen-bond acceptors (Lipinski definition) is 3. The number of likely N-dealkylation sites (tertiary alicyclic amines) is 1. The predicted molar refractivity (Wildman–Crippen MR) is 88.6 cm³/mol. The molecule has 1 heterocycles. The Bertz CT molecular complexity index is 474. The number of benzene rings is 1. The molecule has 0 radical (unpaired) electrons. The summed E-state index contributed by atoms with van der Waals surface area (Å²) in [5.41, 5.74) is 1.54. The Morgan fingerprint density at radius 3 is 2.77 bits per heavy atom. The summed E-state index contributed by atoms with van der Waals surface area (Å²) in [7, 11) is 0. The third kappa shape index (κ3) is 3.70. The smallest absolute Gasteiger partial charge is 0.0721 e. The van der Waals surface area contributed by atoms with Crippen LogP contribution in [0.2, 0.25) is 0 Å². The largest absolute Gasteiger partial charge is 0.393 e. The fourth-order valence-electron chi connectivity index (χ4n) is 4.00. The minimum absolute atomic E-state index is 0.123. The average molecular weight is 303 g/mol. The van der Waals surface area contributed by atoms with Crippen molar-refractivity contribution in [2.45, 2.75) is 64.4 Å². The number of hydrogen-bond donors (Lipinski definition) is 1. The minimum atomic E-state index is -0.123. The molecular weight excluding hydrogens is 274 g/mol. The van der Waals surface area contributed by atoms with E-state index in [4.69, 9.17) is 4.74 Å². The highest BCUT2D eigenvalue weighted by Crippen LogP contribution is 2.40. The fraction of sp³-hybridized carbons (Fsp3) is 0.684. The molecule has 0 spiro atoms. The van der Waals surface area contributed by atoms with Crippen molar-refractivity contribution >= 4 is 0 Å². The highest BCUT2D eigenvalue weighted by atomic mass is 16.5. The number of nitrogens with zero attached hydrogens (tertiary/aromatic N) is 1. The van der Waals surface area contributed by atoms with Crippen LogP contribution in [0.3, 0.4) is 0 Å². The van der Waals surface area contributed by atoms with Gasteiger partial charge in [-0.25, -0.2) is 0 Å². The maximum absolute atomic E-state index is 10.0. The van der Waals surface area contributed by atoms with Crippen LogP contribution in [-0.2, 0) is 11.3 Å². The zero-order chi connectivity index (χ0) is 15.6. The van der Waals surface area contributed by atoms with Gasteiger partial charge in [-0.1, -0.05) is 44.2 Å². The van der Waals surface area contributed by atoms with Gasteiger partial charge in [-0.05, 0) is 36.7 Å². The molecule has 2 aliphatic rings. The van der Waals surface area contributed by atoms with Crippen molar-refractivity contribution in [2.75, 3.05) is 13.1 Å². The minimum Gasteiger partial charge on any atom is -0.393 e. The lowest BCUT2D eigenvalue weighted by molar-refractivity contribution is -0.0141. The monoisotopic (exact) mass is 303 g/mol. The van der Waals surface area contributed by atoms with Gasteiger partial charge in [0.2, 0.25) is 0 Å². The Morgan fingerprint density at radius 2 is 2.00 bits per heavy atom. The van der Waals surface area contributed by atoms with Crippen molar-refractivity contribution in [1.82, 2.24) is 4.90 Å². The van der Waals surface area contributed by atoms with Gasteiger partial charge in [0.25, 0.3) is 0 Å². The van der Waals surface area contributed by atoms with Crippen molar-refractivity contribution in [3.8, 4) is 0 Å². The first kappa shape index (κ1) is 16.0. The number of aliphatic hydroxyl groups is 1. The average Bonchev–Trinajstić information content (AvgIpc) is 2.97. The fourth-order valence-corrected chi connectivity index (χ4v) is 4.00. The van der Waals surface area contributed by atoms with Crippen LogP contribution in [-0.4, -0.2) is 41.3 Å². The van der Waals surface area contributed by atoms with Crippen molar-refractivity contribution < 1.29 is 9.84 Å². The predicted octanol–water partition coefficient (Wildman–Crippen LogP) is 3.22. The summed E-state index contributed by atoms with van der Waals surface area (Å²) >= 11 is 0. The normalized spacial score (nSPS) is 32.2. The molecule has 1 aromatic rings. The molecule has 1 N–H and O–H groups in total. The van der Waals surface area contributed by atoms with E-state index in [1.54, 1.807) is 0 Å². The first-order valence-electron chi connectivity index (χ1n) is 8.62. The van der Waals surface area contributed by atoms with Gasteiger partial charge < -0.3 is 9.84 Å². The molecular formula is C19H29NO2. The second-order valence-electron chi connectivity index (χ2n) is 7.63. The molecule has 3 rings (SSSR count). The SMILES string of the molecule is CC1(C)CCC(O)CC1N1CCC(OCc2ccccc2)C1. The van der Waals surface area contributed by atoms with Gasteiger partial charge in [-0.15, -0.1) is 0 Å². The molecule has 3 heteroatoms. The van der Waals surface area contributed by atoms with Gasteiger partial charge in [0.05, 0.1) is 18.8 Å². The van der Waals surface area contributed by atoms with Crippen LogP contribution in [0, 0.1) is 5.41 Å². The Kier molecular flexibility index (Phi) is 4.86. The number of aliphatic hydroxyl groups excluding tert-OH is 1. The van der Waals surface area contributed by atoms with E-state index in [1.807, 2.05) is 6.07 Å². The first-order valence-corrected chi connectivity index (χ1v) is 8.62. The number of rotatable bonds is 4. The van der Waals surface area contributed by atoms with E-state index >= 15 is 0 Å². The summed E-state index contributed by atoms with van der Waals surface area (Å²) in [5, 5.41) is 10.0. The van der Waals surface area contributed by atoms with Gasteiger partial charge in [-0.2, -0.15) is 0 Å². The van der Waals surface area contributed by atoms with Crippen LogP contribution in [0.1, 0.15) is 45.1 Å². The Morgan fingerprint density at radius 1 is 1.23 bits per heavy atom. The Labute approximate surface area is 134 Å². The molecule has 0 bridgehead atoms. The molecule has 3 unspecified atom stereocenters. The maximum Gasteiger partial charge on any atom is 0.0721 e. The molecule has 1 saturated heterocycles. The molecule has 1 aliphatic carbocycles. The molecule has 22 heavy (non-hydrogen) atoms. The lowest BCUT2D eigenvalue weighted by Crippen LogP contribution is -2.49. The van der Waals surface area contributed by atoms with Crippen LogP contribution < -0.4 is 0 Å². The summed E-state index contributed by atoms with van der Waals surface area (Å²) in [6.45, 7) is 7.51. The summed E-state index contributed by atoms with van der Waals surface area (Å²) in [6, 6.07) is 10.9. The van der Waals surface area contributed by atoms with Crippen molar-refractivity contribution in [1.29, 1.82) is 0 Å². The number of ether oxygens (including phenoxy) is 1. The highest BCUT2D eigenvalue weighted by molar-refractivity contribution is 5.13. The Hall–Kier alpha value is -0.900. The topological polar surface area (TPSA) is 32.7 Å². The maximum atomic E-state index is 10.0. The second kappa shape index (κ2) is 6.69.